The van der Waals surface area contributed by atoms with Crippen LogP contribution in [-0.2, 0) is 4.79 Å². The van der Waals surface area contributed by atoms with Crippen LogP contribution in [0.4, 0.5) is 0 Å². The van der Waals surface area contributed by atoms with Crippen molar-refractivity contribution in [1.29, 1.82) is 0 Å². The normalized spacial score (nSPS) is 10.5. The molecule has 4 heteroatoms. The fourth-order valence-corrected chi connectivity index (χ4v) is 1.76. The number of likely N-dealkylation sites (N-methyl/N-ethyl adjacent to an activating group) is 1. The van der Waals surface area contributed by atoms with Crippen LogP contribution in [0.1, 0.15) is 19.4 Å². The van der Waals surface area contributed by atoms with Gasteiger partial charge in [-0.25, -0.2) is 0 Å². The fraction of sp³-hybridized carbons (Fsp3) is 0.400. The fourth-order valence-electron chi connectivity index (χ4n) is 1.76. The van der Waals surface area contributed by atoms with Gasteiger partial charge in [-0.15, -0.1) is 0 Å². The average molecular weight is 263 g/mol. The van der Waals surface area contributed by atoms with Crippen molar-refractivity contribution in [3.8, 4) is 11.5 Å². The first-order valence-corrected chi connectivity index (χ1v) is 6.35. The van der Waals surface area contributed by atoms with Gasteiger partial charge in [0.25, 0.3) is 0 Å². The van der Waals surface area contributed by atoms with Gasteiger partial charge in [-0.3, -0.25) is 4.79 Å². The lowest BCUT2D eigenvalue weighted by atomic mass is 10.1. The van der Waals surface area contributed by atoms with Gasteiger partial charge in [0, 0.05) is 30.8 Å². The van der Waals surface area contributed by atoms with Crippen molar-refractivity contribution in [2.24, 2.45) is 0 Å². The summed E-state index contributed by atoms with van der Waals surface area (Å²) < 4.78 is 10.4. The largest absolute Gasteiger partial charge is 0.497 e. The second-order valence-electron chi connectivity index (χ2n) is 3.95. The van der Waals surface area contributed by atoms with Crippen molar-refractivity contribution in [2.45, 2.75) is 13.8 Å². The predicted octanol–water partition coefficient (Wildman–Crippen LogP) is 2.59. The molecule has 1 aromatic carbocycles. The number of hydrogen-bond donors (Lipinski definition) is 0. The Labute approximate surface area is 114 Å². The topological polar surface area (TPSA) is 38.8 Å². The Balaban J connectivity index is 2.89. The number of ether oxygens (including phenoxy) is 2. The molecule has 0 aromatic heterocycles. The molecule has 0 saturated carbocycles. The Kier molecular flexibility index (Phi) is 5.93. The van der Waals surface area contributed by atoms with Gasteiger partial charge in [0.15, 0.2) is 0 Å². The summed E-state index contributed by atoms with van der Waals surface area (Å²) in [5.74, 6) is 1.41. The molecule has 1 amide bonds. The van der Waals surface area contributed by atoms with Gasteiger partial charge in [0.2, 0.25) is 5.91 Å². The Hall–Kier alpha value is -1.97. The van der Waals surface area contributed by atoms with Crippen molar-refractivity contribution in [3.05, 3.63) is 29.8 Å². The van der Waals surface area contributed by atoms with Crippen molar-refractivity contribution in [1.82, 2.24) is 4.90 Å². The molecule has 0 radical (unpaired) electrons. The summed E-state index contributed by atoms with van der Waals surface area (Å²) in [7, 11) is 3.20. The average Bonchev–Trinajstić information content (AvgIpc) is 2.46. The van der Waals surface area contributed by atoms with Gasteiger partial charge in [-0.1, -0.05) is 0 Å². The Morgan fingerprint density at radius 3 is 2.42 bits per heavy atom. The SMILES string of the molecule is CCN(CC)C(=O)/C=C/c1ccc(OC)cc1OC. The van der Waals surface area contributed by atoms with Crippen molar-refractivity contribution < 1.29 is 14.3 Å². The van der Waals surface area contributed by atoms with E-state index in [1.165, 1.54) is 0 Å². The van der Waals surface area contributed by atoms with Crippen LogP contribution in [-0.4, -0.2) is 38.1 Å². The predicted molar refractivity (Wildman–Crippen MR) is 76.5 cm³/mol. The molecular formula is C15H21NO3. The molecule has 0 aliphatic rings. The number of benzene rings is 1. The summed E-state index contributed by atoms with van der Waals surface area (Å²) in [6, 6.07) is 5.50. The molecule has 0 aliphatic carbocycles. The van der Waals surface area contributed by atoms with E-state index in [1.54, 1.807) is 37.3 Å². The Morgan fingerprint density at radius 2 is 1.89 bits per heavy atom. The van der Waals surface area contributed by atoms with Gasteiger partial charge in [0.05, 0.1) is 14.2 Å². The van der Waals surface area contributed by atoms with Gasteiger partial charge < -0.3 is 14.4 Å². The third-order valence-corrected chi connectivity index (χ3v) is 2.92. The van der Waals surface area contributed by atoms with Crippen molar-refractivity contribution in [3.63, 3.8) is 0 Å². The number of hydrogen-bond acceptors (Lipinski definition) is 3. The molecule has 0 fully saturated rings. The highest BCUT2D eigenvalue weighted by molar-refractivity contribution is 5.92. The highest BCUT2D eigenvalue weighted by atomic mass is 16.5. The van der Waals surface area contributed by atoms with Gasteiger partial charge in [-0.05, 0) is 32.1 Å². The van der Waals surface area contributed by atoms with Gasteiger partial charge >= 0.3 is 0 Å². The van der Waals surface area contributed by atoms with Crippen LogP contribution < -0.4 is 9.47 Å². The molecular weight excluding hydrogens is 242 g/mol. The zero-order valence-corrected chi connectivity index (χ0v) is 12.0. The third kappa shape index (κ3) is 4.02. The zero-order chi connectivity index (χ0) is 14.3. The minimum atomic E-state index is 0.00266. The van der Waals surface area contributed by atoms with Gasteiger partial charge in [0.1, 0.15) is 11.5 Å². The van der Waals surface area contributed by atoms with E-state index in [0.717, 1.165) is 11.3 Å². The molecule has 0 bridgehead atoms. The number of carbonyl (C=O) groups excluding carboxylic acids is 1. The second kappa shape index (κ2) is 7.46. The zero-order valence-electron chi connectivity index (χ0n) is 12.0. The van der Waals surface area contributed by atoms with E-state index in [2.05, 4.69) is 0 Å². The van der Waals surface area contributed by atoms with E-state index >= 15 is 0 Å². The summed E-state index contributed by atoms with van der Waals surface area (Å²) >= 11 is 0. The lowest BCUT2D eigenvalue weighted by Gasteiger charge is -2.16. The second-order valence-corrected chi connectivity index (χ2v) is 3.95. The minimum Gasteiger partial charge on any atom is -0.497 e. The number of amides is 1. The van der Waals surface area contributed by atoms with E-state index in [9.17, 15) is 4.79 Å². The van der Waals surface area contributed by atoms with Crippen LogP contribution in [0.25, 0.3) is 6.08 Å². The summed E-state index contributed by atoms with van der Waals surface area (Å²) in [6.07, 6.45) is 3.33. The van der Waals surface area contributed by atoms with Crippen LogP contribution in [0.2, 0.25) is 0 Å². The van der Waals surface area contributed by atoms with Crippen molar-refractivity contribution >= 4 is 12.0 Å². The molecule has 0 aliphatic heterocycles. The highest BCUT2D eigenvalue weighted by Crippen LogP contribution is 2.25. The van der Waals surface area contributed by atoms with Crippen LogP contribution in [0.3, 0.4) is 0 Å². The van der Waals surface area contributed by atoms with E-state index in [-0.39, 0.29) is 5.91 Å². The molecule has 104 valence electrons. The maximum atomic E-state index is 11.9. The first kappa shape index (κ1) is 15.1. The molecule has 0 unspecified atom stereocenters. The van der Waals surface area contributed by atoms with Crippen molar-refractivity contribution in [2.75, 3.05) is 27.3 Å². The first-order chi connectivity index (χ1) is 9.15. The summed E-state index contributed by atoms with van der Waals surface area (Å²) in [6.45, 7) is 5.34. The minimum absolute atomic E-state index is 0.00266. The summed E-state index contributed by atoms with van der Waals surface area (Å²) in [5, 5.41) is 0. The molecule has 0 atom stereocenters. The van der Waals surface area contributed by atoms with Gasteiger partial charge in [-0.2, -0.15) is 0 Å². The first-order valence-electron chi connectivity index (χ1n) is 6.35. The Bertz CT molecular complexity index is 451. The number of carbonyl (C=O) groups is 1. The lowest BCUT2D eigenvalue weighted by Crippen LogP contribution is -2.28. The molecule has 1 aromatic rings. The smallest absolute Gasteiger partial charge is 0.246 e. The summed E-state index contributed by atoms with van der Waals surface area (Å²) in [5.41, 5.74) is 0.851. The maximum Gasteiger partial charge on any atom is 0.246 e. The van der Waals surface area contributed by atoms with E-state index in [1.807, 2.05) is 26.0 Å². The van der Waals surface area contributed by atoms with E-state index in [0.29, 0.717) is 18.8 Å². The molecule has 4 nitrogen and oxygen atoms in total. The lowest BCUT2D eigenvalue weighted by molar-refractivity contribution is -0.125. The number of nitrogens with zero attached hydrogens (tertiary/aromatic N) is 1. The third-order valence-electron chi connectivity index (χ3n) is 2.92. The molecule has 0 saturated heterocycles. The molecule has 0 spiro atoms. The number of methoxy groups -OCH3 is 2. The molecule has 19 heavy (non-hydrogen) atoms. The van der Waals surface area contributed by atoms with Crippen LogP contribution in [0.5, 0.6) is 11.5 Å². The van der Waals surface area contributed by atoms with Crippen LogP contribution >= 0.6 is 0 Å². The van der Waals surface area contributed by atoms with E-state index in [4.69, 9.17) is 9.47 Å². The molecule has 0 N–H and O–H groups in total. The number of rotatable bonds is 6. The monoisotopic (exact) mass is 263 g/mol. The molecule has 0 heterocycles. The quantitative estimate of drug-likeness (QED) is 0.740. The standard InChI is InChI=1S/C15H21NO3/c1-5-16(6-2)15(17)10-8-12-7-9-13(18-3)11-14(12)19-4/h7-11H,5-6H2,1-4H3/b10-8+. The van der Waals surface area contributed by atoms with Crippen LogP contribution in [0.15, 0.2) is 24.3 Å². The molecule has 1 rings (SSSR count). The highest BCUT2D eigenvalue weighted by Gasteiger charge is 2.06. The Morgan fingerprint density at radius 1 is 1.21 bits per heavy atom. The van der Waals surface area contributed by atoms with Crippen LogP contribution in [0, 0.1) is 0 Å². The van der Waals surface area contributed by atoms with E-state index < -0.39 is 0 Å². The summed E-state index contributed by atoms with van der Waals surface area (Å²) in [4.78, 5) is 13.6. The maximum absolute atomic E-state index is 11.9.